The zero-order chi connectivity index (χ0) is 21.4. The lowest BCUT2D eigenvalue weighted by molar-refractivity contribution is -0.156. The molecule has 0 bridgehead atoms. The second-order valence-electron chi connectivity index (χ2n) is 8.26. The fourth-order valence-electron chi connectivity index (χ4n) is 1.99. The van der Waals surface area contributed by atoms with Crippen LogP contribution in [-0.4, -0.2) is 52.2 Å². The van der Waals surface area contributed by atoms with E-state index in [-0.39, 0.29) is 25.7 Å². The van der Waals surface area contributed by atoms with Gasteiger partial charge in [-0.15, -0.1) is 0 Å². The number of amides is 1. The monoisotopic (exact) mass is 388 g/mol. The van der Waals surface area contributed by atoms with Gasteiger partial charge >= 0.3 is 17.9 Å². The molecule has 0 aromatic rings. The number of aliphatic carboxylic acids is 1. The standard InChI is InChI=1S/C18H32N2O7/c1-17(2,3)26-13(21)9-7-11(19)15(23)20-12(16(24)25)8-10-14(22)27-18(4,5)6/h11-12H,7-10,19H2,1-6H3,(H,20,23)(H,24,25)/t11-,12-/m0/s1. The molecule has 0 aromatic carbocycles. The summed E-state index contributed by atoms with van der Waals surface area (Å²) in [5.41, 5.74) is 4.40. The van der Waals surface area contributed by atoms with Crippen LogP contribution in [0.1, 0.15) is 67.2 Å². The van der Waals surface area contributed by atoms with E-state index in [0.717, 1.165) is 0 Å². The van der Waals surface area contributed by atoms with Crippen molar-refractivity contribution >= 4 is 23.8 Å². The molecule has 4 N–H and O–H groups in total. The Hall–Kier alpha value is -2.16. The Morgan fingerprint density at radius 2 is 1.30 bits per heavy atom. The third kappa shape index (κ3) is 12.8. The summed E-state index contributed by atoms with van der Waals surface area (Å²) in [4.78, 5) is 46.7. The lowest BCUT2D eigenvalue weighted by atomic mass is 10.1. The maximum atomic E-state index is 12.1. The van der Waals surface area contributed by atoms with Crippen LogP contribution in [-0.2, 0) is 28.7 Å². The third-order valence-corrected chi connectivity index (χ3v) is 3.09. The zero-order valence-corrected chi connectivity index (χ0v) is 17.0. The molecule has 0 aliphatic rings. The van der Waals surface area contributed by atoms with Crippen molar-refractivity contribution in [1.82, 2.24) is 5.32 Å². The van der Waals surface area contributed by atoms with Crippen LogP contribution in [0.4, 0.5) is 0 Å². The van der Waals surface area contributed by atoms with Gasteiger partial charge in [-0.3, -0.25) is 14.4 Å². The number of carboxylic acid groups (broad SMARTS) is 1. The molecule has 2 atom stereocenters. The zero-order valence-electron chi connectivity index (χ0n) is 17.0. The molecule has 0 rings (SSSR count). The summed E-state index contributed by atoms with van der Waals surface area (Å²) < 4.78 is 10.2. The number of nitrogens with one attached hydrogen (secondary N) is 1. The molecule has 0 radical (unpaired) electrons. The van der Waals surface area contributed by atoms with E-state index in [9.17, 15) is 24.3 Å². The molecule has 1 amide bonds. The molecule has 0 saturated carbocycles. The van der Waals surface area contributed by atoms with Crippen molar-refractivity contribution in [2.24, 2.45) is 5.73 Å². The molecule has 0 heterocycles. The molecule has 0 spiro atoms. The first-order valence-electron chi connectivity index (χ1n) is 8.83. The molecule has 27 heavy (non-hydrogen) atoms. The van der Waals surface area contributed by atoms with E-state index in [1.165, 1.54) is 0 Å². The smallest absolute Gasteiger partial charge is 0.326 e. The van der Waals surface area contributed by atoms with Gasteiger partial charge in [-0.1, -0.05) is 0 Å². The van der Waals surface area contributed by atoms with Gasteiger partial charge in [0.15, 0.2) is 0 Å². The highest BCUT2D eigenvalue weighted by molar-refractivity contribution is 5.87. The first-order chi connectivity index (χ1) is 12.1. The Morgan fingerprint density at radius 1 is 0.889 bits per heavy atom. The number of hydrogen-bond donors (Lipinski definition) is 3. The van der Waals surface area contributed by atoms with Crippen LogP contribution >= 0.6 is 0 Å². The fourth-order valence-corrected chi connectivity index (χ4v) is 1.99. The minimum absolute atomic E-state index is 0.0130. The topological polar surface area (TPSA) is 145 Å². The van der Waals surface area contributed by atoms with E-state index in [2.05, 4.69) is 5.32 Å². The summed E-state index contributed by atoms with van der Waals surface area (Å²) in [5, 5.41) is 11.5. The molecule has 0 unspecified atom stereocenters. The number of nitrogens with two attached hydrogens (primary N) is 1. The van der Waals surface area contributed by atoms with Crippen molar-refractivity contribution < 1.29 is 33.8 Å². The van der Waals surface area contributed by atoms with E-state index in [1.54, 1.807) is 41.5 Å². The lowest BCUT2D eigenvalue weighted by Crippen LogP contribution is -2.48. The first kappa shape index (κ1) is 24.8. The van der Waals surface area contributed by atoms with Crippen molar-refractivity contribution in [2.75, 3.05) is 0 Å². The van der Waals surface area contributed by atoms with E-state index in [4.69, 9.17) is 15.2 Å². The van der Waals surface area contributed by atoms with Crippen LogP contribution in [0.2, 0.25) is 0 Å². The molecule has 9 heteroatoms. The van der Waals surface area contributed by atoms with Crippen molar-refractivity contribution in [3.05, 3.63) is 0 Å². The van der Waals surface area contributed by atoms with Gasteiger partial charge in [-0.2, -0.15) is 0 Å². The highest BCUT2D eigenvalue weighted by Gasteiger charge is 2.26. The number of carboxylic acids is 1. The summed E-state index contributed by atoms with van der Waals surface area (Å²) in [6.07, 6.45) is -0.350. The maximum absolute atomic E-state index is 12.1. The molecule has 0 aliphatic carbocycles. The number of esters is 2. The number of ether oxygens (including phenoxy) is 2. The minimum Gasteiger partial charge on any atom is -0.480 e. The minimum atomic E-state index is -1.29. The highest BCUT2D eigenvalue weighted by atomic mass is 16.6. The molecule has 9 nitrogen and oxygen atoms in total. The number of carbonyl (C=O) groups excluding carboxylic acids is 3. The summed E-state index contributed by atoms with van der Waals surface area (Å²) in [6.45, 7) is 10.3. The third-order valence-electron chi connectivity index (χ3n) is 3.09. The quantitative estimate of drug-likeness (QED) is 0.498. The van der Waals surface area contributed by atoms with E-state index in [0.29, 0.717) is 0 Å². The van der Waals surface area contributed by atoms with Gasteiger partial charge in [-0.25, -0.2) is 4.79 Å². The van der Waals surface area contributed by atoms with E-state index < -0.39 is 47.1 Å². The number of rotatable bonds is 9. The molecule has 0 saturated heterocycles. The summed E-state index contributed by atoms with van der Waals surface area (Å²) in [6, 6.07) is -2.35. The Kier molecular flexibility index (Phi) is 9.43. The van der Waals surface area contributed by atoms with Gasteiger partial charge in [0.1, 0.15) is 17.2 Å². The number of hydrogen-bond acceptors (Lipinski definition) is 7. The van der Waals surface area contributed by atoms with Crippen molar-refractivity contribution in [2.45, 2.75) is 90.5 Å². The predicted octanol–water partition coefficient (Wildman–Crippen LogP) is 1.13. The van der Waals surface area contributed by atoms with Crippen LogP contribution in [0.25, 0.3) is 0 Å². The van der Waals surface area contributed by atoms with Gasteiger partial charge in [0.2, 0.25) is 5.91 Å². The molecule has 0 aromatic heterocycles. The summed E-state index contributed by atoms with van der Waals surface area (Å²) in [5.74, 6) is -3.05. The average molecular weight is 388 g/mol. The molecular weight excluding hydrogens is 356 g/mol. The largest absolute Gasteiger partial charge is 0.480 e. The average Bonchev–Trinajstić information content (AvgIpc) is 2.44. The van der Waals surface area contributed by atoms with Gasteiger partial charge in [0.05, 0.1) is 6.04 Å². The van der Waals surface area contributed by atoms with Crippen LogP contribution < -0.4 is 11.1 Å². The van der Waals surface area contributed by atoms with Gasteiger partial charge in [0.25, 0.3) is 0 Å². The van der Waals surface area contributed by atoms with E-state index in [1.807, 2.05) is 0 Å². The van der Waals surface area contributed by atoms with Crippen LogP contribution in [0.3, 0.4) is 0 Å². The normalized spacial score (nSPS) is 14.0. The lowest BCUT2D eigenvalue weighted by Gasteiger charge is -2.21. The SMILES string of the molecule is CC(C)(C)OC(=O)CC[C@H](NC(=O)[C@@H](N)CCC(=O)OC(C)(C)C)C(=O)O. The summed E-state index contributed by atoms with van der Waals surface area (Å²) >= 11 is 0. The van der Waals surface area contributed by atoms with Crippen LogP contribution in [0, 0.1) is 0 Å². The molecular formula is C18H32N2O7. The Labute approximate surface area is 160 Å². The van der Waals surface area contributed by atoms with Gasteiger partial charge < -0.3 is 25.6 Å². The Balaban J connectivity index is 4.51. The van der Waals surface area contributed by atoms with Crippen LogP contribution in [0.15, 0.2) is 0 Å². The van der Waals surface area contributed by atoms with Crippen LogP contribution in [0.5, 0.6) is 0 Å². The molecule has 0 fully saturated rings. The van der Waals surface area contributed by atoms with Crippen molar-refractivity contribution in [1.29, 1.82) is 0 Å². The molecule has 0 aliphatic heterocycles. The summed E-state index contributed by atoms with van der Waals surface area (Å²) in [7, 11) is 0. The van der Waals surface area contributed by atoms with Crippen molar-refractivity contribution in [3.63, 3.8) is 0 Å². The first-order valence-corrected chi connectivity index (χ1v) is 8.83. The fraction of sp³-hybridized carbons (Fsp3) is 0.778. The highest BCUT2D eigenvalue weighted by Crippen LogP contribution is 2.11. The van der Waals surface area contributed by atoms with Gasteiger partial charge in [0, 0.05) is 12.8 Å². The Bertz CT molecular complexity index is 547. The number of carbonyl (C=O) groups is 4. The van der Waals surface area contributed by atoms with Crippen molar-refractivity contribution in [3.8, 4) is 0 Å². The second-order valence-corrected chi connectivity index (χ2v) is 8.26. The van der Waals surface area contributed by atoms with E-state index >= 15 is 0 Å². The maximum Gasteiger partial charge on any atom is 0.326 e. The Morgan fingerprint density at radius 3 is 1.67 bits per heavy atom. The molecule has 156 valence electrons. The van der Waals surface area contributed by atoms with Gasteiger partial charge in [-0.05, 0) is 54.4 Å². The predicted molar refractivity (Wildman–Crippen MR) is 97.7 cm³/mol. The second kappa shape index (κ2) is 10.2.